The summed E-state index contributed by atoms with van der Waals surface area (Å²) in [7, 11) is 0. The molecule has 24 heavy (non-hydrogen) atoms. The first-order chi connectivity index (χ1) is 11.2. The van der Waals surface area contributed by atoms with Gasteiger partial charge >= 0.3 is 0 Å². The van der Waals surface area contributed by atoms with Gasteiger partial charge in [-0.15, -0.1) is 12.4 Å². The van der Waals surface area contributed by atoms with Crippen LogP contribution in [-0.4, -0.2) is 41.3 Å². The van der Waals surface area contributed by atoms with E-state index >= 15 is 0 Å². The van der Waals surface area contributed by atoms with E-state index in [-0.39, 0.29) is 12.4 Å². The molecular formula is C19H27ClN4. The van der Waals surface area contributed by atoms with E-state index in [1.165, 1.54) is 67.8 Å². The maximum atomic E-state index is 4.31. The number of H-pyrrole nitrogens is 1. The van der Waals surface area contributed by atoms with E-state index in [1.54, 1.807) is 0 Å². The normalized spacial score (nSPS) is 20.2. The van der Waals surface area contributed by atoms with Crippen LogP contribution in [0.3, 0.4) is 0 Å². The maximum Gasteiger partial charge on any atom is 0.0695 e. The number of likely N-dealkylation sites (tertiary alicyclic amines) is 1. The predicted molar refractivity (Wildman–Crippen MR) is 100 cm³/mol. The fourth-order valence-electron chi connectivity index (χ4n) is 4.17. The summed E-state index contributed by atoms with van der Waals surface area (Å²) in [5.41, 5.74) is 5.59. The van der Waals surface area contributed by atoms with Gasteiger partial charge in [0.15, 0.2) is 0 Å². The summed E-state index contributed by atoms with van der Waals surface area (Å²) in [6, 6.07) is 8.70. The molecule has 1 spiro atoms. The van der Waals surface area contributed by atoms with Gasteiger partial charge in [-0.1, -0.05) is 29.8 Å². The van der Waals surface area contributed by atoms with Crippen LogP contribution in [0.1, 0.15) is 30.4 Å². The molecule has 0 aliphatic carbocycles. The fraction of sp³-hybridized carbons (Fsp3) is 0.526. The number of rotatable bonds is 3. The summed E-state index contributed by atoms with van der Waals surface area (Å²) in [6.45, 7) is 7.98. The van der Waals surface area contributed by atoms with Crippen molar-refractivity contribution in [2.45, 2.75) is 32.7 Å². The van der Waals surface area contributed by atoms with Gasteiger partial charge in [0.2, 0.25) is 0 Å². The van der Waals surface area contributed by atoms with Gasteiger partial charge in [0.1, 0.15) is 0 Å². The van der Waals surface area contributed by atoms with Gasteiger partial charge < -0.3 is 5.32 Å². The number of hydrogen-bond acceptors (Lipinski definition) is 3. The predicted octanol–water partition coefficient (Wildman–Crippen LogP) is 3.38. The largest absolute Gasteiger partial charge is 0.317 e. The average Bonchev–Trinajstić information content (AvgIpc) is 3.17. The minimum atomic E-state index is 0. The SMILES string of the molecule is Cc1ccc(-c2[nH]ncc2CN2CCC3(CCNCC3)C2)cc1.Cl. The van der Waals surface area contributed by atoms with Crippen molar-refractivity contribution in [3.8, 4) is 11.3 Å². The molecule has 0 unspecified atom stereocenters. The molecule has 2 aromatic rings. The zero-order chi connectivity index (χ0) is 15.7. The van der Waals surface area contributed by atoms with E-state index in [2.05, 4.69) is 51.6 Å². The third-order valence-corrected chi connectivity index (χ3v) is 5.63. The fourth-order valence-corrected chi connectivity index (χ4v) is 4.17. The van der Waals surface area contributed by atoms with Gasteiger partial charge in [0.05, 0.1) is 11.9 Å². The molecular weight excluding hydrogens is 320 g/mol. The van der Waals surface area contributed by atoms with Crippen LogP contribution in [0.2, 0.25) is 0 Å². The van der Waals surface area contributed by atoms with Gasteiger partial charge in [-0.05, 0) is 56.8 Å². The van der Waals surface area contributed by atoms with Crippen molar-refractivity contribution in [3.05, 3.63) is 41.6 Å². The second-order valence-electron chi connectivity index (χ2n) is 7.35. The molecule has 130 valence electrons. The van der Waals surface area contributed by atoms with E-state index in [1.807, 2.05) is 6.20 Å². The highest BCUT2D eigenvalue weighted by atomic mass is 35.5. The van der Waals surface area contributed by atoms with Crippen molar-refractivity contribution in [3.63, 3.8) is 0 Å². The molecule has 0 atom stereocenters. The minimum absolute atomic E-state index is 0. The summed E-state index contributed by atoms with van der Waals surface area (Å²) in [5.74, 6) is 0. The van der Waals surface area contributed by atoms with E-state index in [0.29, 0.717) is 5.41 Å². The molecule has 0 bridgehead atoms. The molecule has 0 radical (unpaired) electrons. The van der Waals surface area contributed by atoms with Crippen molar-refractivity contribution >= 4 is 12.4 Å². The molecule has 2 aliphatic rings. The third-order valence-electron chi connectivity index (χ3n) is 5.63. The van der Waals surface area contributed by atoms with Gasteiger partial charge in [-0.25, -0.2) is 0 Å². The summed E-state index contributed by atoms with van der Waals surface area (Å²) < 4.78 is 0. The molecule has 2 N–H and O–H groups in total. The summed E-state index contributed by atoms with van der Waals surface area (Å²) in [4.78, 5) is 2.62. The van der Waals surface area contributed by atoms with Crippen LogP contribution in [0.5, 0.6) is 0 Å². The molecule has 1 aromatic carbocycles. The van der Waals surface area contributed by atoms with E-state index < -0.39 is 0 Å². The molecule has 1 aromatic heterocycles. The van der Waals surface area contributed by atoms with E-state index in [4.69, 9.17) is 0 Å². The van der Waals surface area contributed by atoms with Crippen molar-refractivity contribution in [1.82, 2.24) is 20.4 Å². The molecule has 2 fully saturated rings. The topological polar surface area (TPSA) is 44.0 Å². The first-order valence-corrected chi connectivity index (χ1v) is 8.77. The number of aromatic nitrogens is 2. The van der Waals surface area contributed by atoms with E-state index in [9.17, 15) is 0 Å². The Bertz CT molecular complexity index is 658. The zero-order valence-corrected chi connectivity index (χ0v) is 15.2. The third kappa shape index (κ3) is 3.51. The second-order valence-corrected chi connectivity index (χ2v) is 7.35. The molecule has 2 aliphatic heterocycles. The number of nitrogens with one attached hydrogen (secondary N) is 2. The molecule has 5 heteroatoms. The van der Waals surface area contributed by atoms with Crippen LogP contribution in [-0.2, 0) is 6.54 Å². The summed E-state index contributed by atoms with van der Waals surface area (Å²) in [6.07, 6.45) is 6.02. The van der Waals surface area contributed by atoms with Gasteiger partial charge in [-0.2, -0.15) is 5.10 Å². The van der Waals surface area contributed by atoms with Crippen LogP contribution in [0, 0.1) is 12.3 Å². The Hall–Kier alpha value is -1.36. The number of aryl methyl sites for hydroxylation is 1. The first kappa shape index (κ1) is 17.5. The number of piperidine rings is 1. The molecule has 2 saturated heterocycles. The van der Waals surface area contributed by atoms with Crippen LogP contribution in [0.4, 0.5) is 0 Å². The van der Waals surface area contributed by atoms with Gasteiger partial charge in [0, 0.05) is 18.7 Å². The van der Waals surface area contributed by atoms with Gasteiger partial charge in [-0.3, -0.25) is 10.00 Å². The quantitative estimate of drug-likeness (QED) is 0.895. The first-order valence-electron chi connectivity index (χ1n) is 8.77. The van der Waals surface area contributed by atoms with Crippen LogP contribution in [0.25, 0.3) is 11.3 Å². The number of halogens is 1. The monoisotopic (exact) mass is 346 g/mol. The molecule has 0 saturated carbocycles. The Morgan fingerprint density at radius 2 is 1.88 bits per heavy atom. The Balaban J connectivity index is 0.00000169. The number of hydrogen-bond donors (Lipinski definition) is 2. The Morgan fingerprint density at radius 1 is 1.12 bits per heavy atom. The zero-order valence-electron chi connectivity index (χ0n) is 14.3. The molecule has 4 nitrogen and oxygen atoms in total. The van der Waals surface area contributed by atoms with Crippen LogP contribution in [0.15, 0.2) is 30.5 Å². The number of nitrogens with zero attached hydrogens (tertiary/aromatic N) is 2. The van der Waals surface area contributed by atoms with Crippen molar-refractivity contribution in [2.24, 2.45) is 5.41 Å². The second kappa shape index (κ2) is 7.26. The number of aromatic amines is 1. The lowest BCUT2D eigenvalue weighted by molar-refractivity contribution is 0.194. The lowest BCUT2D eigenvalue weighted by Crippen LogP contribution is -2.38. The van der Waals surface area contributed by atoms with Crippen LogP contribution >= 0.6 is 12.4 Å². The van der Waals surface area contributed by atoms with Crippen molar-refractivity contribution < 1.29 is 0 Å². The van der Waals surface area contributed by atoms with Crippen molar-refractivity contribution in [2.75, 3.05) is 26.2 Å². The Labute approximate surface area is 150 Å². The summed E-state index contributed by atoms with van der Waals surface area (Å²) >= 11 is 0. The average molecular weight is 347 g/mol. The molecule has 3 heterocycles. The minimum Gasteiger partial charge on any atom is -0.317 e. The van der Waals surface area contributed by atoms with Crippen LogP contribution < -0.4 is 5.32 Å². The standard InChI is InChI=1S/C19H26N4.ClH/c1-15-2-4-16(5-3-15)18-17(12-21-22-18)13-23-11-8-19(14-23)6-9-20-10-7-19;/h2-5,12,20H,6-11,13-14H2,1H3,(H,21,22);1H. The Kier molecular flexibility index (Phi) is 5.28. The van der Waals surface area contributed by atoms with Gasteiger partial charge in [0.25, 0.3) is 0 Å². The highest BCUT2D eigenvalue weighted by molar-refractivity contribution is 5.85. The lowest BCUT2D eigenvalue weighted by Gasteiger charge is -2.33. The Morgan fingerprint density at radius 3 is 2.62 bits per heavy atom. The maximum absolute atomic E-state index is 4.31. The highest BCUT2D eigenvalue weighted by Gasteiger charge is 2.38. The lowest BCUT2D eigenvalue weighted by atomic mass is 9.78. The highest BCUT2D eigenvalue weighted by Crippen LogP contribution is 2.39. The number of benzene rings is 1. The smallest absolute Gasteiger partial charge is 0.0695 e. The summed E-state index contributed by atoms with van der Waals surface area (Å²) in [5, 5.41) is 11.0. The molecule has 4 rings (SSSR count). The van der Waals surface area contributed by atoms with E-state index in [0.717, 1.165) is 6.54 Å². The molecule has 0 amide bonds. The van der Waals surface area contributed by atoms with Crippen molar-refractivity contribution in [1.29, 1.82) is 0 Å².